The van der Waals surface area contributed by atoms with E-state index >= 15 is 0 Å². The van der Waals surface area contributed by atoms with Gasteiger partial charge in [-0.05, 0) is 30.4 Å². The van der Waals surface area contributed by atoms with Crippen molar-refractivity contribution in [2.24, 2.45) is 5.41 Å². The zero-order valence-corrected chi connectivity index (χ0v) is 14.8. The molecule has 2 aliphatic rings. The molecule has 0 unspecified atom stereocenters. The molecule has 140 valence electrons. The Morgan fingerprint density at radius 1 is 1.04 bits per heavy atom. The fraction of sp³-hybridized carbons (Fsp3) is 0.556. The topological polar surface area (TPSA) is 66.6 Å². The summed E-state index contributed by atoms with van der Waals surface area (Å²) >= 11 is 0. The Labute approximate surface area is 149 Å². The van der Waals surface area contributed by atoms with Crippen LogP contribution in [-0.2, 0) is 0 Å². The van der Waals surface area contributed by atoms with Crippen molar-refractivity contribution in [1.82, 2.24) is 10.1 Å². The number of hydrogen-bond donors (Lipinski definition) is 0. The Balaban J connectivity index is 1.54. The Bertz CT molecular complexity index is 795. The third-order valence-electron chi connectivity index (χ3n) is 5.34. The first-order valence-corrected chi connectivity index (χ1v) is 8.40. The molecule has 0 amide bonds. The molecular weight excluding hydrogens is 346 g/mol. The second-order valence-electron chi connectivity index (χ2n) is 7.18. The molecule has 0 radical (unpaired) electrons. The van der Waals surface area contributed by atoms with E-state index in [4.69, 9.17) is 18.7 Å². The van der Waals surface area contributed by atoms with Gasteiger partial charge in [0.25, 0.3) is 0 Å². The van der Waals surface area contributed by atoms with E-state index in [2.05, 4.69) is 10.1 Å². The van der Waals surface area contributed by atoms with E-state index in [9.17, 15) is 8.78 Å². The normalized spacial score (nSPS) is 20.3. The molecule has 26 heavy (non-hydrogen) atoms. The van der Waals surface area contributed by atoms with E-state index in [0.717, 1.165) is 0 Å². The maximum absolute atomic E-state index is 13.1. The van der Waals surface area contributed by atoms with Crippen LogP contribution in [0.15, 0.2) is 16.7 Å². The standard InChI is InChI=1S/C18H20F2N2O4/c1-23-12-4-10(5-13(24-2)14(12)25-3)15-21-16(26-22-15)11-6-17(7-11)8-18(19,20)9-17/h4-5,11H,6-9H2,1-3H3. The summed E-state index contributed by atoms with van der Waals surface area (Å²) in [4.78, 5) is 4.45. The lowest BCUT2D eigenvalue weighted by atomic mass is 9.50. The first kappa shape index (κ1) is 17.1. The van der Waals surface area contributed by atoms with Crippen LogP contribution in [-0.4, -0.2) is 37.4 Å². The van der Waals surface area contributed by atoms with Gasteiger partial charge in [-0.3, -0.25) is 0 Å². The highest BCUT2D eigenvalue weighted by molar-refractivity contribution is 5.66. The highest BCUT2D eigenvalue weighted by Crippen LogP contribution is 2.66. The van der Waals surface area contributed by atoms with Crippen LogP contribution in [0.2, 0.25) is 0 Å². The van der Waals surface area contributed by atoms with Crippen molar-refractivity contribution in [2.45, 2.75) is 37.5 Å². The lowest BCUT2D eigenvalue weighted by molar-refractivity contribution is -0.198. The Hall–Kier alpha value is -2.38. The third kappa shape index (κ3) is 2.68. The van der Waals surface area contributed by atoms with Crippen LogP contribution in [0.1, 0.15) is 37.5 Å². The molecule has 0 saturated heterocycles. The summed E-state index contributed by atoms with van der Waals surface area (Å²) in [5.74, 6) is -0.0845. The zero-order chi connectivity index (χ0) is 18.5. The first-order valence-electron chi connectivity index (χ1n) is 8.40. The van der Waals surface area contributed by atoms with Gasteiger partial charge in [-0.2, -0.15) is 4.98 Å². The smallest absolute Gasteiger partial charge is 0.249 e. The lowest BCUT2D eigenvalue weighted by Crippen LogP contribution is -2.52. The average Bonchev–Trinajstić information content (AvgIpc) is 3.05. The van der Waals surface area contributed by atoms with Gasteiger partial charge in [0.1, 0.15) is 0 Å². The van der Waals surface area contributed by atoms with Gasteiger partial charge in [0.2, 0.25) is 23.4 Å². The van der Waals surface area contributed by atoms with Crippen molar-refractivity contribution >= 4 is 0 Å². The van der Waals surface area contributed by atoms with Gasteiger partial charge in [0.15, 0.2) is 11.5 Å². The Morgan fingerprint density at radius 2 is 1.65 bits per heavy atom. The van der Waals surface area contributed by atoms with Crippen LogP contribution in [0.3, 0.4) is 0 Å². The van der Waals surface area contributed by atoms with Crippen molar-refractivity contribution in [3.8, 4) is 28.6 Å². The molecule has 2 aliphatic carbocycles. The second-order valence-corrected chi connectivity index (χ2v) is 7.18. The molecule has 1 spiro atoms. The maximum Gasteiger partial charge on any atom is 0.249 e. The molecule has 4 rings (SSSR count). The van der Waals surface area contributed by atoms with Crippen molar-refractivity contribution in [1.29, 1.82) is 0 Å². The fourth-order valence-corrected chi connectivity index (χ4v) is 4.22. The largest absolute Gasteiger partial charge is 0.493 e. The van der Waals surface area contributed by atoms with Gasteiger partial charge in [-0.15, -0.1) is 0 Å². The number of rotatable bonds is 5. The monoisotopic (exact) mass is 366 g/mol. The minimum absolute atomic E-state index is 0.0234. The van der Waals surface area contributed by atoms with E-state index in [1.54, 1.807) is 12.1 Å². The van der Waals surface area contributed by atoms with Crippen molar-refractivity contribution < 1.29 is 27.5 Å². The fourth-order valence-electron chi connectivity index (χ4n) is 4.22. The molecule has 0 N–H and O–H groups in total. The number of benzene rings is 1. The van der Waals surface area contributed by atoms with Crippen molar-refractivity contribution in [2.75, 3.05) is 21.3 Å². The molecule has 0 atom stereocenters. The number of nitrogens with zero attached hydrogens (tertiary/aromatic N) is 2. The Morgan fingerprint density at radius 3 is 2.15 bits per heavy atom. The van der Waals surface area contributed by atoms with Gasteiger partial charge in [0, 0.05) is 24.3 Å². The van der Waals surface area contributed by atoms with Gasteiger partial charge in [0.05, 0.1) is 21.3 Å². The highest BCUT2D eigenvalue weighted by Gasteiger charge is 2.62. The SMILES string of the molecule is COc1cc(-c2noc(C3CC4(C3)CC(F)(F)C4)n2)cc(OC)c1OC. The predicted octanol–water partition coefficient (Wildman–Crippen LogP) is 4.06. The third-order valence-corrected chi connectivity index (χ3v) is 5.34. The van der Waals surface area contributed by atoms with Gasteiger partial charge in [-0.25, -0.2) is 8.78 Å². The van der Waals surface area contributed by atoms with Crippen molar-refractivity contribution in [3.63, 3.8) is 0 Å². The quantitative estimate of drug-likeness (QED) is 0.795. The first-order chi connectivity index (χ1) is 12.4. The van der Waals surface area contributed by atoms with E-state index < -0.39 is 5.92 Å². The van der Waals surface area contributed by atoms with Crippen molar-refractivity contribution in [3.05, 3.63) is 18.0 Å². The van der Waals surface area contributed by atoms with E-state index in [1.165, 1.54) is 21.3 Å². The number of alkyl halides is 2. The molecule has 8 heteroatoms. The van der Waals surface area contributed by atoms with Gasteiger partial charge < -0.3 is 18.7 Å². The molecule has 0 aliphatic heterocycles. The highest BCUT2D eigenvalue weighted by atomic mass is 19.3. The minimum atomic E-state index is -2.50. The minimum Gasteiger partial charge on any atom is -0.493 e. The second kappa shape index (κ2) is 5.82. The summed E-state index contributed by atoms with van der Waals surface area (Å²) < 4.78 is 47.6. The summed E-state index contributed by atoms with van der Waals surface area (Å²) in [6, 6.07) is 3.48. The number of hydrogen-bond acceptors (Lipinski definition) is 6. The zero-order valence-electron chi connectivity index (χ0n) is 14.8. The summed E-state index contributed by atoms with van der Waals surface area (Å²) in [6.07, 6.45) is 1.31. The van der Waals surface area contributed by atoms with E-state index in [-0.39, 0.29) is 24.2 Å². The molecule has 1 aromatic heterocycles. The molecular formula is C18H20F2N2O4. The summed E-state index contributed by atoms with van der Waals surface area (Å²) in [5.41, 5.74) is 0.439. The Kier molecular flexibility index (Phi) is 3.82. The molecule has 2 saturated carbocycles. The van der Waals surface area contributed by atoms with Gasteiger partial charge in [-0.1, -0.05) is 5.16 Å². The predicted molar refractivity (Wildman–Crippen MR) is 88.0 cm³/mol. The van der Waals surface area contributed by atoms with Crippen LogP contribution in [0.4, 0.5) is 8.78 Å². The molecule has 0 bridgehead atoms. The molecule has 2 fully saturated rings. The summed E-state index contributed by atoms with van der Waals surface area (Å²) in [5, 5.41) is 4.03. The van der Waals surface area contributed by atoms with Crippen LogP contribution in [0, 0.1) is 5.41 Å². The number of methoxy groups -OCH3 is 3. The average molecular weight is 366 g/mol. The van der Waals surface area contributed by atoms with Crippen LogP contribution < -0.4 is 14.2 Å². The maximum atomic E-state index is 13.1. The molecule has 1 aromatic carbocycles. The van der Waals surface area contributed by atoms with E-state index in [0.29, 0.717) is 47.4 Å². The number of halogens is 2. The van der Waals surface area contributed by atoms with Crippen LogP contribution >= 0.6 is 0 Å². The molecule has 1 heterocycles. The number of ether oxygens (including phenoxy) is 3. The molecule has 6 nitrogen and oxygen atoms in total. The van der Waals surface area contributed by atoms with Crippen LogP contribution in [0.25, 0.3) is 11.4 Å². The lowest BCUT2D eigenvalue weighted by Gasteiger charge is -2.56. The van der Waals surface area contributed by atoms with Crippen LogP contribution in [0.5, 0.6) is 17.2 Å². The van der Waals surface area contributed by atoms with Gasteiger partial charge >= 0.3 is 0 Å². The summed E-state index contributed by atoms with van der Waals surface area (Å²) in [6.45, 7) is 0. The molecule has 2 aromatic rings. The van der Waals surface area contributed by atoms with E-state index in [1.807, 2.05) is 0 Å². The summed E-state index contributed by atoms with van der Waals surface area (Å²) in [7, 11) is 4.60. The number of aromatic nitrogens is 2.